The van der Waals surface area contributed by atoms with E-state index in [1.807, 2.05) is 0 Å². The lowest BCUT2D eigenvalue weighted by molar-refractivity contribution is 0.0697. The molecule has 2 amide bonds. The van der Waals surface area contributed by atoms with E-state index in [2.05, 4.69) is 16.6 Å². The average molecular weight is 246 g/mol. The Kier molecular flexibility index (Phi) is 5.26. The van der Waals surface area contributed by atoms with E-state index < -0.39 is 5.97 Å². The van der Waals surface area contributed by atoms with Gasteiger partial charge in [0.1, 0.15) is 0 Å². The van der Waals surface area contributed by atoms with Crippen molar-refractivity contribution in [1.29, 1.82) is 0 Å². The van der Waals surface area contributed by atoms with Crippen LogP contribution in [0, 0.1) is 12.3 Å². The minimum atomic E-state index is -0.971. The van der Waals surface area contributed by atoms with Crippen molar-refractivity contribution in [2.75, 3.05) is 6.54 Å². The normalized spacial score (nSPS) is 9.28. The van der Waals surface area contributed by atoms with Gasteiger partial charge in [0.15, 0.2) is 0 Å². The highest BCUT2D eigenvalue weighted by Crippen LogP contribution is 2.03. The number of urea groups is 1. The zero-order chi connectivity index (χ0) is 13.4. The number of aromatic carboxylic acids is 1. The third-order valence-corrected chi connectivity index (χ3v) is 2.21. The molecule has 0 aliphatic heterocycles. The van der Waals surface area contributed by atoms with Crippen molar-refractivity contribution in [1.82, 2.24) is 10.6 Å². The molecule has 0 atom stereocenters. The number of carbonyl (C=O) groups excluding carboxylic acids is 1. The monoisotopic (exact) mass is 246 g/mol. The van der Waals surface area contributed by atoms with Crippen molar-refractivity contribution in [2.24, 2.45) is 0 Å². The summed E-state index contributed by atoms with van der Waals surface area (Å²) in [6.45, 7) is 0.766. The van der Waals surface area contributed by atoms with Crippen molar-refractivity contribution >= 4 is 12.0 Å². The zero-order valence-corrected chi connectivity index (χ0v) is 9.77. The van der Waals surface area contributed by atoms with Gasteiger partial charge in [-0.1, -0.05) is 12.1 Å². The molecule has 0 aromatic heterocycles. The molecule has 3 N–H and O–H groups in total. The summed E-state index contributed by atoms with van der Waals surface area (Å²) in [6, 6.07) is 6.01. The predicted molar refractivity (Wildman–Crippen MR) is 67.1 cm³/mol. The van der Waals surface area contributed by atoms with Crippen LogP contribution in [0.1, 0.15) is 22.3 Å². The van der Waals surface area contributed by atoms with Gasteiger partial charge in [-0.25, -0.2) is 9.59 Å². The summed E-state index contributed by atoms with van der Waals surface area (Å²) in [5.74, 6) is 1.44. The fourth-order valence-electron chi connectivity index (χ4n) is 1.26. The maximum absolute atomic E-state index is 11.3. The summed E-state index contributed by atoms with van der Waals surface area (Å²) in [5, 5.41) is 14.0. The van der Waals surface area contributed by atoms with E-state index in [9.17, 15) is 9.59 Å². The molecular weight excluding hydrogens is 232 g/mol. The van der Waals surface area contributed by atoms with E-state index >= 15 is 0 Å². The highest BCUT2D eigenvalue weighted by atomic mass is 16.4. The van der Waals surface area contributed by atoms with E-state index in [0.717, 1.165) is 5.56 Å². The third-order valence-electron chi connectivity index (χ3n) is 2.21. The number of carboxylic acids is 1. The quantitative estimate of drug-likeness (QED) is 0.539. The van der Waals surface area contributed by atoms with Crippen LogP contribution in [-0.4, -0.2) is 23.7 Å². The molecular formula is C13H14N2O3. The number of hydrogen-bond acceptors (Lipinski definition) is 2. The first kappa shape index (κ1) is 13.6. The lowest BCUT2D eigenvalue weighted by Gasteiger charge is -2.06. The second-order valence-electron chi connectivity index (χ2n) is 3.57. The second-order valence-corrected chi connectivity index (χ2v) is 3.57. The van der Waals surface area contributed by atoms with Crippen molar-refractivity contribution in [2.45, 2.75) is 13.0 Å². The molecule has 0 spiro atoms. The molecule has 0 heterocycles. The van der Waals surface area contributed by atoms with Gasteiger partial charge in [0.25, 0.3) is 0 Å². The van der Waals surface area contributed by atoms with Crippen LogP contribution in [0.25, 0.3) is 0 Å². The molecule has 0 radical (unpaired) electrons. The molecule has 94 valence electrons. The fourth-order valence-corrected chi connectivity index (χ4v) is 1.26. The standard InChI is InChI=1S/C13H14N2O3/c1-2-3-8-14-13(18)15-9-10-4-6-11(7-5-10)12(16)17/h1,4-7H,3,8-9H2,(H,16,17)(H2,14,15,18). The number of carboxylic acid groups (broad SMARTS) is 1. The number of terminal acetylenes is 1. The molecule has 1 rings (SSSR count). The van der Waals surface area contributed by atoms with Crippen LogP contribution in [-0.2, 0) is 6.54 Å². The van der Waals surface area contributed by atoms with E-state index in [1.165, 1.54) is 12.1 Å². The first-order valence-electron chi connectivity index (χ1n) is 5.41. The lowest BCUT2D eigenvalue weighted by Crippen LogP contribution is -2.35. The van der Waals surface area contributed by atoms with E-state index in [4.69, 9.17) is 11.5 Å². The molecule has 0 unspecified atom stereocenters. The Bertz CT molecular complexity index is 460. The SMILES string of the molecule is C#CCCNC(=O)NCc1ccc(C(=O)O)cc1. The van der Waals surface area contributed by atoms with Gasteiger partial charge in [0.2, 0.25) is 0 Å². The Hall–Kier alpha value is -2.48. The van der Waals surface area contributed by atoms with Crippen molar-refractivity contribution in [3.05, 3.63) is 35.4 Å². The van der Waals surface area contributed by atoms with Crippen molar-refractivity contribution in [3.8, 4) is 12.3 Å². The summed E-state index contributed by atoms with van der Waals surface area (Å²) >= 11 is 0. The lowest BCUT2D eigenvalue weighted by atomic mass is 10.1. The Morgan fingerprint density at radius 2 is 1.89 bits per heavy atom. The second kappa shape index (κ2) is 6.97. The molecule has 5 heteroatoms. The Morgan fingerprint density at radius 3 is 2.44 bits per heavy atom. The number of rotatable bonds is 5. The molecule has 0 saturated heterocycles. The van der Waals surface area contributed by atoms with E-state index in [1.54, 1.807) is 12.1 Å². The van der Waals surface area contributed by atoms with Crippen LogP contribution in [0.15, 0.2) is 24.3 Å². The number of carbonyl (C=O) groups is 2. The third kappa shape index (κ3) is 4.58. The van der Waals surface area contributed by atoms with Gasteiger partial charge in [0.05, 0.1) is 5.56 Å². The minimum Gasteiger partial charge on any atom is -0.478 e. The number of benzene rings is 1. The van der Waals surface area contributed by atoms with Crippen LogP contribution < -0.4 is 10.6 Å². The Balaban J connectivity index is 2.37. The number of hydrogen-bond donors (Lipinski definition) is 3. The van der Waals surface area contributed by atoms with Crippen LogP contribution in [0.3, 0.4) is 0 Å². The van der Waals surface area contributed by atoms with Gasteiger partial charge in [-0.15, -0.1) is 12.3 Å². The summed E-state index contributed by atoms with van der Waals surface area (Å²) in [5.41, 5.74) is 1.05. The summed E-state index contributed by atoms with van der Waals surface area (Å²) in [6.07, 6.45) is 5.54. The maximum Gasteiger partial charge on any atom is 0.335 e. The van der Waals surface area contributed by atoms with Crippen LogP contribution in [0.5, 0.6) is 0 Å². The highest BCUT2D eigenvalue weighted by molar-refractivity contribution is 5.87. The predicted octanol–water partition coefficient (Wildman–Crippen LogP) is 1.21. The van der Waals surface area contributed by atoms with E-state index in [0.29, 0.717) is 19.5 Å². The molecule has 1 aromatic carbocycles. The van der Waals surface area contributed by atoms with Gasteiger partial charge in [-0.05, 0) is 17.7 Å². The maximum atomic E-state index is 11.3. The number of amides is 2. The molecule has 0 fully saturated rings. The highest BCUT2D eigenvalue weighted by Gasteiger charge is 2.02. The van der Waals surface area contributed by atoms with Gasteiger partial charge < -0.3 is 15.7 Å². The summed E-state index contributed by atoms with van der Waals surface area (Å²) in [4.78, 5) is 21.9. The molecule has 1 aromatic rings. The summed E-state index contributed by atoms with van der Waals surface area (Å²) < 4.78 is 0. The molecule has 5 nitrogen and oxygen atoms in total. The van der Waals surface area contributed by atoms with Crippen molar-refractivity contribution in [3.63, 3.8) is 0 Å². The average Bonchev–Trinajstić information content (AvgIpc) is 2.37. The van der Waals surface area contributed by atoms with Gasteiger partial charge in [-0.2, -0.15) is 0 Å². The smallest absolute Gasteiger partial charge is 0.335 e. The van der Waals surface area contributed by atoms with Crippen molar-refractivity contribution < 1.29 is 14.7 Å². The zero-order valence-electron chi connectivity index (χ0n) is 9.77. The van der Waals surface area contributed by atoms with Crippen LogP contribution in [0.4, 0.5) is 4.79 Å². The Labute approximate surface area is 105 Å². The topological polar surface area (TPSA) is 78.4 Å². The molecule has 0 bridgehead atoms. The fraction of sp³-hybridized carbons (Fsp3) is 0.231. The number of nitrogens with one attached hydrogen (secondary N) is 2. The van der Waals surface area contributed by atoms with E-state index in [-0.39, 0.29) is 11.6 Å². The first-order valence-corrected chi connectivity index (χ1v) is 5.41. The molecule has 0 aliphatic rings. The molecule has 0 aliphatic carbocycles. The first-order chi connectivity index (χ1) is 8.63. The van der Waals surface area contributed by atoms with Crippen LogP contribution >= 0.6 is 0 Å². The van der Waals surface area contributed by atoms with Crippen LogP contribution in [0.2, 0.25) is 0 Å². The summed E-state index contributed by atoms with van der Waals surface area (Å²) in [7, 11) is 0. The minimum absolute atomic E-state index is 0.220. The van der Waals surface area contributed by atoms with Gasteiger partial charge >= 0.3 is 12.0 Å². The molecule has 18 heavy (non-hydrogen) atoms. The largest absolute Gasteiger partial charge is 0.478 e. The Morgan fingerprint density at radius 1 is 1.22 bits per heavy atom. The molecule has 0 saturated carbocycles. The van der Waals surface area contributed by atoms with Gasteiger partial charge in [0, 0.05) is 19.5 Å². The van der Waals surface area contributed by atoms with Gasteiger partial charge in [-0.3, -0.25) is 0 Å².